The molecule has 5 heavy (non-hydrogen) atoms. The molecule has 0 amide bonds. The Morgan fingerprint density at radius 3 is 0.600 bits per heavy atom. The van der Waals surface area contributed by atoms with Crippen molar-refractivity contribution in [3.05, 3.63) is 0 Å². The van der Waals surface area contributed by atoms with Gasteiger partial charge in [-0.05, 0) is 0 Å². The molecule has 0 spiro atoms. The first-order chi connectivity index (χ1) is 0. The Labute approximate surface area is 124 Å². The summed E-state index contributed by atoms with van der Waals surface area (Å²) in [6.45, 7) is 0. The minimum Gasteiger partial charge on any atom is -1.00 e. The molecule has 0 fully saturated rings. The van der Waals surface area contributed by atoms with Crippen LogP contribution < -0.4 is 103 Å². The van der Waals surface area contributed by atoms with Gasteiger partial charge in [0.25, 0.3) is 0 Å². The number of rotatable bonds is 0. The maximum Gasteiger partial charge on any atom is 1.00 e. The maximum atomic E-state index is 0. The first kappa shape index (κ1) is 40.9. The van der Waals surface area contributed by atoms with E-state index in [9.17, 15) is 0 Å². The van der Waals surface area contributed by atoms with Crippen LogP contribution in [0.1, 0.15) is 25.1 Å². The van der Waals surface area contributed by atoms with Crippen LogP contribution in [0.5, 0.6) is 0 Å². The molecule has 28 valence electrons. The van der Waals surface area contributed by atoms with Crippen molar-refractivity contribution in [2.24, 2.45) is 0 Å². The van der Waals surface area contributed by atoms with E-state index in [1.807, 2.05) is 0 Å². The largest absolute Gasteiger partial charge is 1.00 e. The molecule has 0 bridgehead atoms. The van der Waals surface area contributed by atoms with Crippen LogP contribution in [-0.4, -0.2) is 0 Å². The van der Waals surface area contributed by atoms with Crippen molar-refractivity contribution in [1.29, 1.82) is 0 Å². The summed E-state index contributed by atoms with van der Waals surface area (Å²) in [6.07, 6.45) is 0. The summed E-state index contributed by atoms with van der Waals surface area (Å²) in [6, 6.07) is 0. The number of hydrogen-bond acceptors (Lipinski definition) is 0. The Balaban J connectivity index is 0. The van der Waals surface area contributed by atoms with Gasteiger partial charge in [-0.15, -0.1) is 0 Å². The summed E-state index contributed by atoms with van der Waals surface area (Å²) in [5.74, 6) is 0. The fourth-order valence-corrected chi connectivity index (χ4v) is 0. The Bertz CT molecular complexity index is 10.9. The quantitative estimate of drug-likeness (QED) is 0.296. The van der Waals surface area contributed by atoms with Gasteiger partial charge in [0, 0.05) is 0 Å². The van der Waals surface area contributed by atoms with Gasteiger partial charge in [-0.1, -0.05) is 22.3 Å². The zero-order chi connectivity index (χ0) is 0. The van der Waals surface area contributed by atoms with E-state index in [1.54, 1.807) is 0 Å². The van der Waals surface area contributed by atoms with E-state index in [0.717, 1.165) is 0 Å². The smallest absolute Gasteiger partial charge is 1.00 e. The van der Waals surface area contributed by atoms with Crippen LogP contribution in [-0.2, 0) is 0 Å². The summed E-state index contributed by atoms with van der Waals surface area (Å²) in [4.78, 5) is 0. The third-order valence-corrected chi connectivity index (χ3v) is 0. The molecule has 0 aliphatic rings. The first-order valence-corrected chi connectivity index (χ1v) is 0. The van der Waals surface area contributed by atoms with E-state index in [-0.39, 0.29) is 128 Å². The normalized spacial score (nSPS) is 0. The molecule has 0 saturated carbocycles. The number of hydrogen-bond donors (Lipinski definition) is 0. The van der Waals surface area contributed by atoms with Crippen molar-refractivity contribution in [3.8, 4) is 0 Å². The molecular weight excluding hydrogens is 114 g/mol. The molecule has 0 aromatic heterocycles. The van der Waals surface area contributed by atoms with Gasteiger partial charge in [0.15, 0.2) is 0 Å². The van der Waals surface area contributed by atoms with Crippen molar-refractivity contribution in [1.82, 2.24) is 0 Å². The molecule has 0 aliphatic carbocycles. The van der Waals surface area contributed by atoms with Crippen LogP contribution in [0, 0.1) is 0 Å². The van der Waals surface area contributed by atoms with E-state index in [0.29, 0.717) is 0 Å². The summed E-state index contributed by atoms with van der Waals surface area (Å²) < 4.78 is 0. The molecule has 0 aromatic rings. The molecule has 0 rings (SSSR count). The van der Waals surface area contributed by atoms with E-state index in [2.05, 4.69) is 0 Å². The third kappa shape index (κ3) is 18.9. The Hall–Kier alpha value is 3.27. The van der Waals surface area contributed by atoms with Crippen LogP contribution in [0.2, 0.25) is 0 Å². The second-order valence-electron chi connectivity index (χ2n) is 0. The van der Waals surface area contributed by atoms with E-state index < -0.39 is 0 Å². The molecule has 0 unspecified atom stereocenters. The second kappa shape index (κ2) is 26.7. The maximum absolute atomic E-state index is 0. The predicted molar refractivity (Wildman–Crippen MR) is 22.4 cm³/mol. The van der Waals surface area contributed by atoms with Gasteiger partial charge < -0.3 is 2.85 Å². The molecule has 0 heterocycles. The van der Waals surface area contributed by atoms with Gasteiger partial charge >= 0.3 is 103 Å². The molecule has 0 N–H and O–H groups in total. The average Bonchev–Trinajstić information content (AvgIpc) is 0. The Morgan fingerprint density at radius 2 is 0.600 bits per heavy atom. The van der Waals surface area contributed by atoms with Crippen LogP contribution >= 0.6 is 0 Å². The Kier molecular flexibility index (Phi) is 218. The Morgan fingerprint density at radius 1 is 0.600 bits per heavy atom. The van der Waals surface area contributed by atoms with Crippen molar-refractivity contribution < 1.29 is 106 Å². The standard InChI is InChI=1S/3CH4.2K.2H/h3*1H4;;;;/q;;;2*+1;2*-1/i;;;;;2*1+2. The molecule has 0 nitrogen and oxygen atoms in total. The third-order valence-electron chi connectivity index (χ3n) is 0. The summed E-state index contributed by atoms with van der Waals surface area (Å²) >= 11 is 0. The van der Waals surface area contributed by atoms with Crippen LogP contribution in [0.4, 0.5) is 0 Å². The summed E-state index contributed by atoms with van der Waals surface area (Å²) in [7, 11) is 0. The van der Waals surface area contributed by atoms with Gasteiger partial charge in [-0.3, -0.25) is 0 Å². The van der Waals surface area contributed by atoms with Gasteiger partial charge in [0.2, 0.25) is 0 Å². The SMILES string of the molecule is C.C.C.[3H-].[3H-].[K+].[K+]. The fraction of sp³-hybridized carbons (Fsp3) is 1.00. The molecule has 2 heteroatoms. The van der Waals surface area contributed by atoms with E-state index in [4.69, 9.17) is 0 Å². The van der Waals surface area contributed by atoms with Crippen molar-refractivity contribution in [2.45, 2.75) is 22.3 Å². The van der Waals surface area contributed by atoms with Crippen molar-refractivity contribution in [3.63, 3.8) is 0 Å². The topological polar surface area (TPSA) is 0 Å². The summed E-state index contributed by atoms with van der Waals surface area (Å²) in [5.41, 5.74) is 0. The molecule has 0 saturated heterocycles. The van der Waals surface area contributed by atoms with Gasteiger partial charge in [0.05, 0.1) is 0 Å². The minimum absolute atomic E-state index is 0. The summed E-state index contributed by atoms with van der Waals surface area (Å²) in [5, 5.41) is 0. The zero-order valence-corrected chi connectivity index (χ0v) is 8.25. The molecule has 0 aliphatic heterocycles. The van der Waals surface area contributed by atoms with Crippen LogP contribution in [0.3, 0.4) is 0 Å². The molecule has 0 radical (unpaired) electrons. The zero-order valence-electron chi connectivity index (χ0n) is 4.00. The average molecular weight is 132 g/mol. The van der Waals surface area contributed by atoms with Gasteiger partial charge in [-0.2, -0.15) is 0 Å². The van der Waals surface area contributed by atoms with Gasteiger partial charge in [0.1, 0.15) is 0 Å². The second-order valence-corrected chi connectivity index (χ2v) is 0. The fourth-order valence-electron chi connectivity index (χ4n) is 0. The predicted octanol–water partition coefficient (Wildman–Crippen LogP) is -3.86. The molecular formula is C3H14K2. The molecule has 0 aromatic carbocycles. The molecule has 0 atom stereocenters. The van der Waals surface area contributed by atoms with Crippen LogP contribution in [0.25, 0.3) is 0 Å². The van der Waals surface area contributed by atoms with Crippen molar-refractivity contribution in [2.75, 3.05) is 0 Å². The van der Waals surface area contributed by atoms with E-state index in [1.165, 1.54) is 0 Å². The monoisotopic (exact) mass is 132 g/mol. The van der Waals surface area contributed by atoms with E-state index >= 15 is 0 Å². The van der Waals surface area contributed by atoms with Gasteiger partial charge in [-0.25, -0.2) is 0 Å². The first-order valence-electron chi connectivity index (χ1n) is 0. The van der Waals surface area contributed by atoms with Crippen molar-refractivity contribution >= 4 is 0 Å². The minimum atomic E-state index is 0. The van der Waals surface area contributed by atoms with Crippen LogP contribution in [0.15, 0.2) is 0 Å².